The second kappa shape index (κ2) is 4.56. The summed E-state index contributed by atoms with van der Waals surface area (Å²) in [5.41, 5.74) is -0.178. The summed E-state index contributed by atoms with van der Waals surface area (Å²) in [7, 11) is 0. The van der Waals surface area contributed by atoms with Crippen LogP contribution in [0, 0.1) is 5.82 Å². The van der Waals surface area contributed by atoms with Crippen LogP contribution in [-0.4, -0.2) is 21.3 Å². The van der Waals surface area contributed by atoms with Crippen LogP contribution in [0.25, 0.3) is 0 Å². The van der Waals surface area contributed by atoms with Gasteiger partial charge in [-0.2, -0.15) is 5.10 Å². The fourth-order valence-electron chi connectivity index (χ4n) is 1.19. The van der Waals surface area contributed by atoms with Gasteiger partial charge in [0.1, 0.15) is 5.56 Å². The summed E-state index contributed by atoms with van der Waals surface area (Å²) < 4.78 is 18.4. The van der Waals surface area contributed by atoms with Crippen molar-refractivity contribution in [2.75, 3.05) is 0 Å². The Balaban J connectivity index is 2.37. The molecule has 1 N–H and O–H groups in total. The number of para-hydroxylation sites is 1. The number of carbonyl (C=O) groups is 1. The Morgan fingerprint density at radius 2 is 2.06 bits per heavy atom. The number of rotatable bonds is 3. The molecule has 0 aliphatic rings. The highest BCUT2D eigenvalue weighted by atomic mass is 19.1. The number of nitrogens with zero attached hydrogens (tertiary/aromatic N) is 2. The number of ether oxygens (including phenoxy) is 1. The van der Waals surface area contributed by atoms with Crippen LogP contribution in [0.2, 0.25) is 0 Å². The topological polar surface area (TPSA) is 72.3 Å². The number of halogens is 1. The maximum absolute atomic E-state index is 13.3. The van der Waals surface area contributed by atoms with E-state index in [4.69, 9.17) is 9.84 Å². The minimum atomic E-state index is -1.22. The number of hydrogen-bond acceptors (Lipinski definition) is 4. The molecule has 0 radical (unpaired) electrons. The maximum atomic E-state index is 13.3. The first-order valence-electron chi connectivity index (χ1n) is 4.66. The predicted octanol–water partition coefficient (Wildman–Crippen LogP) is 2.11. The fourth-order valence-corrected chi connectivity index (χ4v) is 1.19. The van der Waals surface area contributed by atoms with Crippen molar-refractivity contribution in [3.63, 3.8) is 0 Å². The molecule has 1 heterocycles. The number of carboxylic acid groups (broad SMARTS) is 1. The SMILES string of the molecule is O=C(O)c1ccnnc1Oc1ccccc1F. The van der Waals surface area contributed by atoms with Crippen LogP contribution in [-0.2, 0) is 0 Å². The smallest absolute Gasteiger partial charge is 0.341 e. The second-order valence-electron chi connectivity index (χ2n) is 3.09. The third kappa shape index (κ3) is 2.36. The third-order valence-electron chi connectivity index (χ3n) is 1.96. The van der Waals surface area contributed by atoms with Crippen molar-refractivity contribution >= 4 is 5.97 Å². The lowest BCUT2D eigenvalue weighted by Gasteiger charge is -2.06. The summed E-state index contributed by atoms with van der Waals surface area (Å²) in [5.74, 6) is -2.17. The molecule has 0 unspecified atom stereocenters. The van der Waals surface area contributed by atoms with E-state index in [1.807, 2.05) is 0 Å². The number of aromatic carboxylic acids is 1. The van der Waals surface area contributed by atoms with Gasteiger partial charge in [0.25, 0.3) is 5.88 Å². The van der Waals surface area contributed by atoms with Crippen LogP contribution >= 0.6 is 0 Å². The van der Waals surface area contributed by atoms with Crippen molar-refractivity contribution in [2.24, 2.45) is 0 Å². The van der Waals surface area contributed by atoms with E-state index in [2.05, 4.69) is 10.2 Å². The molecule has 86 valence electrons. The van der Waals surface area contributed by atoms with Crippen molar-refractivity contribution < 1.29 is 19.0 Å². The Hall–Kier alpha value is -2.50. The molecule has 0 saturated carbocycles. The van der Waals surface area contributed by atoms with Gasteiger partial charge in [-0.1, -0.05) is 12.1 Å². The molecule has 1 aromatic heterocycles. The van der Waals surface area contributed by atoms with Crippen molar-refractivity contribution in [3.05, 3.63) is 47.9 Å². The van der Waals surface area contributed by atoms with Gasteiger partial charge in [-0.3, -0.25) is 0 Å². The first kappa shape index (κ1) is 11.0. The first-order chi connectivity index (χ1) is 8.18. The third-order valence-corrected chi connectivity index (χ3v) is 1.96. The Bertz CT molecular complexity index is 560. The zero-order valence-electron chi connectivity index (χ0n) is 8.50. The zero-order valence-corrected chi connectivity index (χ0v) is 8.50. The van der Waals surface area contributed by atoms with Gasteiger partial charge in [-0.25, -0.2) is 9.18 Å². The molecule has 0 saturated heterocycles. The molecular weight excluding hydrogens is 227 g/mol. The van der Waals surface area contributed by atoms with E-state index in [9.17, 15) is 9.18 Å². The van der Waals surface area contributed by atoms with Gasteiger partial charge in [-0.15, -0.1) is 5.10 Å². The minimum absolute atomic E-state index is 0.101. The van der Waals surface area contributed by atoms with E-state index >= 15 is 0 Å². The zero-order chi connectivity index (χ0) is 12.3. The van der Waals surface area contributed by atoms with Gasteiger partial charge in [-0.05, 0) is 18.2 Å². The van der Waals surface area contributed by atoms with Gasteiger partial charge in [0.2, 0.25) is 0 Å². The van der Waals surface area contributed by atoms with Crippen LogP contribution in [0.5, 0.6) is 11.6 Å². The molecule has 0 bridgehead atoms. The molecule has 0 aliphatic heterocycles. The van der Waals surface area contributed by atoms with Crippen molar-refractivity contribution in [1.82, 2.24) is 10.2 Å². The molecule has 2 rings (SSSR count). The van der Waals surface area contributed by atoms with E-state index in [0.29, 0.717) is 0 Å². The van der Waals surface area contributed by atoms with Crippen LogP contribution < -0.4 is 4.74 Å². The number of benzene rings is 1. The number of hydrogen-bond donors (Lipinski definition) is 1. The van der Waals surface area contributed by atoms with Crippen LogP contribution in [0.3, 0.4) is 0 Å². The number of aromatic nitrogens is 2. The van der Waals surface area contributed by atoms with Gasteiger partial charge >= 0.3 is 5.97 Å². The molecule has 0 aliphatic carbocycles. The second-order valence-corrected chi connectivity index (χ2v) is 3.09. The molecule has 0 atom stereocenters. The highest BCUT2D eigenvalue weighted by molar-refractivity contribution is 5.90. The molecule has 17 heavy (non-hydrogen) atoms. The van der Waals surface area contributed by atoms with Gasteiger partial charge in [0.05, 0.1) is 6.20 Å². The highest BCUT2D eigenvalue weighted by Gasteiger charge is 2.14. The average Bonchev–Trinajstić information content (AvgIpc) is 2.32. The summed E-state index contributed by atoms with van der Waals surface area (Å²) in [6, 6.07) is 6.86. The number of carboxylic acids is 1. The lowest BCUT2D eigenvalue weighted by Crippen LogP contribution is -2.03. The highest BCUT2D eigenvalue weighted by Crippen LogP contribution is 2.24. The summed E-state index contributed by atoms with van der Waals surface area (Å²) >= 11 is 0. The average molecular weight is 234 g/mol. The summed E-state index contributed by atoms with van der Waals surface area (Å²) in [4.78, 5) is 10.9. The van der Waals surface area contributed by atoms with E-state index < -0.39 is 11.8 Å². The maximum Gasteiger partial charge on any atom is 0.341 e. The van der Waals surface area contributed by atoms with E-state index in [-0.39, 0.29) is 17.2 Å². The lowest BCUT2D eigenvalue weighted by atomic mass is 10.3. The van der Waals surface area contributed by atoms with Gasteiger partial charge < -0.3 is 9.84 Å². The lowest BCUT2D eigenvalue weighted by molar-refractivity contribution is 0.0693. The normalized spacial score (nSPS) is 9.94. The molecule has 0 spiro atoms. The molecule has 0 fully saturated rings. The van der Waals surface area contributed by atoms with E-state index in [1.54, 1.807) is 6.07 Å². The largest absolute Gasteiger partial charge is 0.477 e. The van der Waals surface area contributed by atoms with Crippen molar-refractivity contribution in [2.45, 2.75) is 0 Å². The monoisotopic (exact) mass is 234 g/mol. The molecule has 6 heteroatoms. The van der Waals surface area contributed by atoms with Gasteiger partial charge in [0.15, 0.2) is 11.6 Å². The fraction of sp³-hybridized carbons (Fsp3) is 0. The summed E-state index contributed by atoms with van der Waals surface area (Å²) in [6.45, 7) is 0. The van der Waals surface area contributed by atoms with E-state index in [1.165, 1.54) is 30.5 Å². The van der Waals surface area contributed by atoms with Crippen LogP contribution in [0.1, 0.15) is 10.4 Å². The summed E-state index contributed by atoms with van der Waals surface area (Å²) in [5, 5.41) is 15.9. The van der Waals surface area contributed by atoms with Crippen LogP contribution in [0.4, 0.5) is 4.39 Å². The Morgan fingerprint density at radius 1 is 1.29 bits per heavy atom. The van der Waals surface area contributed by atoms with E-state index in [0.717, 1.165) is 0 Å². The minimum Gasteiger partial charge on any atom is -0.477 e. The van der Waals surface area contributed by atoms with Gasteiger partial charge in [0, 0.05) is 0 Å². The molecular formula is C11H7FN2O3. The standard InChI is InChI=1S/C11H7FN2O3/c12-8-3-1-2-4-9(8)17-10-7(11(15)16)5-6-13-14-10/h1-6H,(H,15,16). The first-order valence-corrected chi connectivity index (χ1v) is 4.66. The molecule has 2 aromatic rings. The molecule has 5 nitrogen and oxygen atoms in total. The molecule has 0 amide bonds. The van der Waals surface area contributed by atoms with Crippen LogP contribution in [0.15, 0.2) is 36.5 Å². The Morgan fingerprint density at radius 3 is 2.76 bits per heavy atom. The molecule has 1 aromatic carbocycles. The quantitative estimate of drug-likeness (QED) is 0.880. The summed E-state index contributed by atoms with van der Waals surface area (Å²) in [6.07, 6.45) is 1.22. The van der Waals surface area contributed by atoms with Crippen molar-refractivity contribution in [1.29, 1.82) is 0 Å². The van der Waals surface area contributed by atoms with Crippen molar-refractivity contribution in [3.8, 4) is 11.6 Å². The Kier molecular flexibility index (Phi) is 2.95. The Labute approximate surface area is 95.5 Å². The predicted molar refractivity (Wildman–Crippen MR) is 55.5 cm³/mol.